The van der Waals surface area contributed by atoms with Crippen molar-refractivity contribution in [2.45, 2.75) is 124 Å². The normalized spacial score (nSPS) is 14.7. The number of carbonyl (C=O) groups is 6. The minimum absolute atomic E-state index is 0. The SMILES string of the molecule is C1CCOC1.C=O.CC(=O)OOC(C)=O.CC(C)(C)OC(=O)N1CCC(c2ccc(N)cc2)CC1.CN(C)c1ccc(C2CCN(C(=O)OC(C)(C)C)CC2)cc1.[B-]OC(C)=O.[Na+]. The van der Waals surface area contributed by atoms with Crippen molar-refractivity contribution >= 4 is 56.3 Å². The maximum atomic E-state index is 12.1. The topological polar surface area (TPSA) is 194 Å². The number of hydrogen-bond donors (Lipinski definition) is 1. The van der Waals surface area contributed by atoms with Crippen LogP contribution < -0.4 is 40.2 Å². The molecular weight excluding hydrogens is 822 g/mol. The molecule has 63 heavy (non-hydrogen) atoms. The van der Waals surface area contributed by atoms with Crippen molar-refractivity contribution < 1.29 is 87.0 Å². The number of hydrogen-bond acceptors (Lipinski definition) is 14. The Balaban J connectivity index is 0. The van der Waals surface area contributed by atoms with Crippen molar-refractivity contribution in [3.63, 3.8) is 0 Å². The van der Waals surface area contributed by atoms with Gasteiger partial charge < -0.3 is 52.1 Å². The van der Waals surface area contributed by atoms with E-state index in [1.54, 1.807) is 4.90 Å². The number of ether oxygens (including phenoxy) is 3. The zero-order valence-electron chi connectivity index (χ0n) is 39.9. The number of benzene rings is 2. The van der Waals surface area contributed by atoms with Crippen LogP contribution in [0.5, 0.6) is 0 Å². The number of carbonyl (C=O) groups excluding carboxylic acids is 6. The molecule has 2 amide bonds. The van der Waals surface area contributed by atoms with Gasteiger partial charge in [0, 0.05) is 85.6 Å². The van der Waals surface area contributed by atoms with Crippen molar-refractivity contribution in [3.05, 3.63) is 59.7 Å². The van der Waals surface area contributed by atoms with Crippen LogP contribution >= 0.6 is 0 Å². The van der Waals surface area contributed by atoms with E-state index < -0.39 is 29.1 Å². The van der Waals surface area contributed by atoms with Crippen molar-refractivity contribution in [1.82, 2.24) is 9.80 Å². The third kappa shape index (κ3) is 29.6. The number of anilines is 2. The van der Waals surface area contributed by atoms with Gasteiger partial charge in [0.05, 0.1) is 0 Å². The Hall–Kier alpha value is -4.32. The number of likely N-dealkylation sites (tertiary alicyclic amines) is 2. The molecule has 0 atom stereocenters. The second-order valence-corrected chi connectivity index (χ2v) is 16.7. The third-order valence-corrected chi connectivity index (χ3v) is 8.85. The van der Waals surface area contributed by atoms with Crippen LogP contribution in [0.3, 0.4) is 0 Å². The molecule has 2 aromatic carbocycles. The molecule has 3 radical (unpaired) electrons. The molecule has 3 fully saturated rings. The zero-order valence-corrected chi connectivity index (χ0v) is 41.9. The fourth-order valence-corrected chi connectivity index (χ4v) is 5.88. The minimum Gasteiger partial charge on any atom is -0.793 e. The molecule has 0 saturated carbocycles. The van der Waals surface area contributed by atoms with Crippen LogP contribution in [-0.2, 0) is 47.8 Å². The van der Waals surface area contributed by atoms with Gasteiger partial charge in [-0.2, -0.15) is 0 Å². The molecule has 3 aliphatic heterocycles. The summed E-state index contributed by atoms with van der Waals surface area (Å²) in [5.74, 6) is -0.699. The first-order valence-electron chi connectivity index (χ1n) is 20.7. The van der Waals surface area contributed by atoms with Crippen LogP contribution in [0.1, 0.15) is 124 Å². The molecule has 0 aromatic heterocycles. The summed E-state index contributed by atoms with van der Waals surface area (Å²) in [6.45, 7) is 22.0. The first-order valence-corrected chi connectivity index (χ1v) is 20.7. The van der Waals surface area contributed by atoms with Crippen LogP contribution in [0, 0.1) is 0 Å². The smallest absolute Gasteiger partial charge is 0.793 e. The van der Waals surface area contributed by atoms with E-state index in [2.05, 4.69) is 63.8 Å². The number of nitrogens with two attached hydrogens (primary N) is 1. The zero-order chi connectivity index (χ0) is 47.5. The van der Waals surface area contributed by atoms with Gasteiger partial charge in [0.1, 0.15) is 18.0 Å². The van der Waals surface area contributed by atoms with E-state index in [4.69, 9.17) is 24.7 Å². The number of rotatable bonds is 3. The second kappa shape index (κ2) is 32.4. The molecule has 347 valence electrons. The van der Waals surface area contributed by atoms with Gasteiger partial charge in [-0.3, -0.25) is 4.79 Å². The predicted molar refractivity (Wildman–Crippen MR) is 239 cm³/mol. The van der Waals surface area contributed by atoms with Crippen molar-refractivity contribution in [2.24, 2.45) is 0 Å². The summed E-state index contributed by atoms with van der Waals surface area (Å²) in [7, 11) is 8.42. The number of amides is 2. The van der Waals surface area contributed by atoms with E-state index in [1.165, 1.54) is 36.6 Å². The Bertz CT molecular complexity index is 1580. The summed E-state index contributed by atoms with van der Waals surface area (Å²) in [6.07, 6.45) is 6.12. The number of piperidine rings is 2. The Kier molecular flexibility index (Phi) is 31.2. The second-order valence-electron chi connectivity index (χ2n) is 16.7. The van der Waals surface area contributed by atoms with Crippen LogP contribution in [-0.4, -0.2) is 119 Å². The summed E-state index contributed by atoms with van der Waals surface area (Å²) in [5.41, 5.74) is 9.55. The van der Waals surface area contributed by atoms with Gasteiger partial charge in [0.15, 0.2) is 0 Å². The van der Waals surface area contributed by atoms with E-state index >= 15 is 0 Å². The molecule has 18 heteroatoms. The fraction of sp³-hybridized carbons (Fsp3) is 0.600. The van der Waals surface area contributed by atoms with Gasteiger partial charge in [-0.25, -0.2) is 29.0 Å². The van der Waals surface area contributed by atoms with E-state index in [0.717, 1.165) is 84.6 Å². The van der Waals surface area contributed by atoms with Gasteiger partial charge in [-0.1, -0.05) is 24.3 Å². The first-order chi connectivity index (χ1) is 29.0. The van der Waals surface area contributed by atoms with Gasteiger partial charge >= 0.3 is 53.7 Å². The Morgan fingerprint density at radius 3 is 1.21 bits per heavy atom. The standard InChI is InChI=1S/C18H28N2O2.C16H24N2O2.C4H6O4.C4H8O.C2H3BO2.CH2O.Na/c1-18(2,3)22-17(21)20-12-10-15(11-13-20)14-6-8-16(9-7-14)19(4)5;1-16(2,3)20-15(19)18-10-8-13(9-11-18)12-4-6-14(17)7-5-12;1-3(5)7-8-4(2)6;1-2-4-5-3-1;1-2(4)5-3;1-2;/h6-9,15H,10-13H2,1-5H3;4-7,13H,8-11,17H2,1-3H3;1-2H3;1-4H2;1H3;1H2;/q;;;;-1;;+1. The molecule has 0 bridgehead atoms. The molecule has 0 spiro atoms. The van der Waals surface area contributed by atoms with Gasteiger partial charge in [-0.15, -0.1) is 0 Å². The maximum absolute atomic E-state index is 12.1. The Morgan fingerprint density at radius 2 is 0.968 bits per heavy atom. The van der Waals surface area contributed by atoms with Crippen molar-refractivity contribution in [2.75, 3.05) is 64.1 Å². The summed E-state index contributed by atoms with van der Waals surface area (Å²) in [4.78, 5) is 74.6. The van der Waals surface area contributed by atoms with E-state index in [-0.39, 0.29) is 41.7 Å². The molecule has 0 aliphatic carbocycles. The summed E-state index contributed by atoms with van der Waals surface area (Å²) >= 11 is 0. The predicted octanol–water partition coefficient (Wildman–Crippen LogP) is 4.53. The molecule has 3 saturated heterocycles. The fourth-order valence-electron chi connectivity index (χ4n) is 5.88. The molecule has 2 N–H and O–H groups in total. The molecule has 0 unspecified atom stereocenters. The Labute approximate surface area is 398 Å². The molecule has 3 aliphatic rings. The molecule has 2 aromatic rings. The molecule has 5 rings (SSSR count). The van der Waals surface area contributed by atoms with Crippen LogP contribution in [0.4, 0.5) is 21.0 Å². The molecular formula is C45H71BN4NaO12. The minimum atomic E-state index is -0.639. The quantitative estimate of drug-likeness (QED) is 0.196. The van der Waals surface area contributed by atoms with Crippen LogP contribution in [0.15, 0.2) is 48.5 Å². The van der Waals surface area contributed by atoms with Crippen LogP contribution in [0.25, 0.3) is 0 Å². The average molecular weight is 894 g/mol. The van der Waals surface area contributed by atoms with E-state index in [9.17, 15) is 24.0 Å². The van der Waals surface area contributed by atoms with Crippen molar-refractivity contribution in [3.8, 4) is 0 Å². The maximum Gasteiger partial charge on any atom is 1.00 e. The summed E-state index contributed by atoms with van der Waals surface area (Å²) in [5, 5.41) is 0. The van der Waals surface area contributed by atoms with Gasteiger partial charge in [0.25, 0.3) is 0 Å². The first kappa shape index (κ1) is 60.8. The summed E-state index contributed by atoms with van der Waals surface area (Å²) < 4.78 is 19.4. The number of nitrogen functional groups attached to an aromatic ring is 1. The van der Waals surface area contributed by atoms with Gasteiger partial charge in [0.2, 0.25) is 5.97 Å². The van der Waals surface area contributed by atoms with Crippen molar-refractivity contribution in [1.29, 1.82) is 0 Å². The molecule has 3 heterocycles. The van der Waals surface area contributed by atoms with E-state index in [0.29, 0.717) is 11.8 Å². The monoisotopic (exact) mass is 894 g/mol. The number of nitrogens with zero attached hydrogens (tertiary/aromatic N) is 3. The largest absolute Gasteiger partial charge is 1.00 e. The summed E-state index contributed by atoms with van der Waals surface area (Å²) in [6, 6.07) is 16.8. The molecule has 16 nitrogen and oxygen atoms in total. The van der Waals surface area contributed by atoms with Gasteiger partial charge in [-0.05, 0) is 127 Å². The van der Waals surface area contributed by atoms with Crippen LogP contribution in [0.2, 0.25) is 0 Å². The Morgan fingerprint density at radius 1 is 0.651 bits per heavy atom. The third-order valence-electron chi connectivity index (χ3n) is 8.85. The average Bonchev–Trinajstić information content (AvgIpc) is 3.82. The van der Waals surface area contributed by atoms with E-state index in [1.807, 2.05) is 79.5 Å².